The highest BCUT2D eigenvalue weighted by molar-refractivity contribution is 5.94. The first-order valence-electron chi connectivity index (χ1n) is 7.58. The second-order valence-electron chi connectivity index (χ2n) is 4.88. The van der Waals surface area contributed by atoms with Crippen molar-refractivity contribution in [3.05, 3.63) is 53.9 Å². The second kappa shape index (κ2) is 9.31. The van der Waals surface area contributed by atoms with Crippen molar-refractivity contribution in [1.29, 1.82) is 5.26 Å². The van der Waals surface area contributed by atoms with Crippen LogP contribution in [-0.4, -0.2) is 17.1 Å². The van der Waals surface area contributed by atoms with E-state index in [9.17, 15) is 4.79 Å². The van der Waals surface area contributed by atoms with Crippen molar-refractivity contribution in [2.24, 2.45) is 0 Å². The quantitative estimate of drug-likeness (QED) is 0.589. The van der Waals surface area contributed by atoms with E-state index in [1.165, 1.54) is 0 Å². The Balaban J connectivity index is 3.27. The monoisotopic (exact) mass is 313 g/mol. The molecule has 2 N–H and O–H groups in total. The van der Waals surface area contributed by atoms with Crippen LogP contribution in [0.4, 0.5) is 5.69 Å². The summed E-state index contributed by atoms with van der Waals surface area (Å²) in [5.74, 6) is -0.474. The number of anilines is 1. The second-order valence-corrected chi connectivity index (χ2v) is 4.88. The van der Waals surface area contributed by atoms with Gasteiger partial charge in [0.25, 0.3) is 0 Å². The maximum absolute atomic E-state index is 12.2. The first kappa shape index (κ1) is 18.3. The Kier molecular flexibility index (Phi) is 7.41. The Morgan fingerprint density at radius 2 is 2.26 bits per heavy atom. The number of hydrogen-bond donors (Lipinski definition) is 1. The number of nitriles is 1. The van der Waals surface area contributed by atoms with Gasteiger partial charge in [-0.1, -0.05) is 37.8 Å². The van der Waals surface area contributed by atoms with Crippen LogP contribution in [0.15, 0.2) is 42.7 Å². The summed E-state index contributed by atoms with van der Waals surface area (Å²) in [6.07, 6.45) is 10.3. The van der Waals surface area contributed by atoms with Crippen molar-refractivity contribution >= 4 is 11.7 Å². The standard InChI is InChI=1S/C18H23N3O2/c1-4-7-9-14(8-5-2)12-21-13-15(10-11-19)16(20)17(21)18(22)23-6-3/h4,7-9,13H,1,5-6,10,12,20H2,2-3H3/b9-7-,14-8+. The van der Waals surface area contributed by atoms with E-state index in [0.717, 1.165) is 12.0 Å². The predicted octanol–water partition coefficient (Wildman–Crippen LogP) is 3.39. The molecule has 0 fully saturated rings. The van der Waals surface area contributed by atoms with Gasteiger partial charge in [0, 0.05) is 18.3 Å². The van der Waals surface area contributed by atoms with Gasteiger partial charge in [-0.3, -0.25) is 0 Å². The van der Waals surface area contributed by atoms with Gasteiger partial charge in [0.05, 0.1) is 24.8 Å². The highest BCUT2D eigenvalue weighted by Gasteiger charge is 2.21. The fourth-order valence-corrected chi connectivity index (χ4v) is 2.24. The molecule has 0 unspecified atom stereocenters. The predicted molar refractivity (Wildman–Crippen MR) is 91.8 cm³/mol. The average Bonchev–Trinajstić information content (AvgIpc) is 2.81. The van der Waals surface area contributed by atoms with Crippen molar-refractivity contribution in [3.63, 3.8) is 0 Å². The number of nitrogens with zero attached hydrogens (tertiary/aromatic N) is 2. The number of allylic oxidation sites excluding steroid dienone is 5. The van der Waals surface area contributed by atoms with Gasteiger partial charge >= 0.3 is 5.97 Å². The summed E-state index contributed by atoms with van der Waals surface area (Å²) in [5.41, 5.74) is 8.32. The SMILES string of the molecule is C=C/C=C\C(=C/CC)Cn1cc(CC#N)c(N)c1C(=O)OCC. The summed E-state index contributed by atoms with van der Waals surface area (Å²) >= 11 is 0. The van der Waals surface area contributed by atoms with Crippen molar-refractivity contribution in [1.82, 2.24) is 4.57 Å². The Morgan fingerprint density at radius 1 is 1.52 bits per heavy atom. The Hall–Kier alpha value is -2.74. The molecule has 0 amide bonds. The molecule has 5 heteroatoms. The molecule has 1 aromatic heterocycles. The van der Waals surface area contributed by atoms with Crippen LogP contribution in [0.1, 0.15) is 36.3 Å². The molecule has 5 nitrogen and oxygen atoms in total. The minimum Gasteiger partial charge on any atom is -0.461 e. The largest absolute Gasteiger partial charge is 0.461 e. The van der Waals surface area contributed by atoms with Crippen molar-refractivity contribution < 1.29 is 9.53 Å². The average molecular weight is 313 g/mol. The Morgan fingerprint density at radius 3 is 2.83 bits per heavy atom. The molecule has 0 saturated heterocycles. The zero-order valence-electron chi connectivity index (χ0n) is 13.7. The number of hydrogen-bond acceptors (Lipinski definition) is 4. The third-order valence-corrected chi connectivity index (χ3v) is 3.20. The van der Waals surface area contributed by atoms with E-state index in [1.54, 1.807) is 23.8 Å². The number of nitrogens with two attached hydrogens (primary N) is 1. The summed E-state index contributed by atoms with van der Waals surface area (Å²) in [7, 11) is 0. The van der Waals surface area contributed by atoms with Crippen LogP contribution in [0.3, 0.4) is 0 Å². The van der Waals surface area contributed by atoms with Crippen molar-refractivity contribution in [2.45, 2.75) is 33.2 Å². The van der Waals surface area contributed by atoms with Crippen LogP contribution in [0.25, 0.3) is 0 Å². The minimum absolute atomic E-state index is 0.153. The molecule has 0 bridgehead atoms. The van der Waals surface area contributed by atoms with Crippen LogP contribution < -0.4 is 5.73 Å². The van der Waals surface area contributed by atoms with Gasteiger partial charge in [0.15, 0.2) is 5.69 Å². The van der Waals surface area contributed by atoms with Gasteiger partial charge in [0.1, 0.15) is 0 Å². The molecule has 23 heavy (non-hydrogen) atoms. The van der Waals surface area contributed by atoms with Gasteiger partial charge < -0.3 is 15.0 Å². The highest BCUT2D eigenvalue weighted by atomic mass is 16.5. The zero-order valence-corrected chi connectivity index (χ0v) is 13.7. The molecule has 1 rings (SSSR count). The maximum Gasteiger partial charge on any atom is 0.357 e. The molecule has 0 aliphatic carbocycles. The first-order valence-corrected chi connectivity index (χ1v) is 7.58. The van der Waals surface area contributed by atoms with Crippen LogP contribution in [-0.2, 0) is 17.7 Å². The molecule has 0 saturated carbocycles. The summed E-state index contributed by atoms with van der Waals surface area (Å²) < 4.78 is 6.83. The normalized spacial score (nSPS) is 11.4. The number of rotatable bonds is 8. The smallest absolute Gasteiger partial charge is 0.357 e. The number of nitrogen functional groups attached to an aromatic ring is 1. The van der Waals surface area contributed by atoms with Gasteiger partial charge in [-0.25, -0.2) is 4.79 Å². The van der Waals surface area contributed by atoms with E-state index in [1.807, 2.05) is 19.1 Å². The zero-order chi connectivity index (χ0) is 17.2. The van der Waals surface area contributed by atoms with Gasteiger partial charge in [-0.15, -0.1) is 0 Å². The number of carbonyl (C=O) groups is 1. The van der Waals surface area contributed by atoms with E-state index in [-0.39, 0.29) is 13.0 Å². The molecule has 0 aromatic carbocycles. The van der Waals surface area contributed by atoms with Gasteiger partial charge in [-0.05, 0) is 18.9 Å². The van der Waals surface area contributed by atoms with E-state index in [4.69, 9.17) is 15.7 Å². The number of carbonyl (C=O) groups excluding carboxylic acids is 1. The Labute approximate surface area is 137 Å². The molecule has 0 atom stereocenters. The fraction of sp³-hybridized carbons (Fsp3) is 0.333. The third-order valence-electron chi connectivity index (χ3n) is 3.20. The number of ether oxygens (including phenoxy) is 1. The molecule has 122 valence electrons. The molecule has 1 aromatic rings. The number of esters is 1. The summed E-state index contributed by atoms with van der Waals surface area (Å²) in [6, 6.07) is 2.06. The van der Waals surface area contributed by atoms with E-state index < -0.39 is 5.97 Å². The highest BCUT2D eigenvalue weighted by Crippen LogP contribution is 2.23. The maximum atomic E-state index is 12.2. The fourth-order valence-electron chi connectivity index (χ4n) is 2.24. The number of aromatic nitrogens is 1. The molecule has 0 spiro atoms. The van der Waals surface area contributed by atoms with E-state index in [0.29, 0.717) is 23.5 Å². The Bertz CT molecular complexity index is 661. The van der Waals surface area contributed by atoms with E-state index in [2.05, 4.69) is 18.7 Å². The topological polar surface area (TPSA) is 81.0 Å². The van der Waals surface area contributed by atoms with Gasteiger partial charge in [0.2, 0.25) is 0 Å². The van der Waals surface area contributed by atoms with Crippen LogP contribution in [0.2, 0.25) is 0 Å². The lowest BCUT2D eigenvalue weighted by molar-refractivity contribution is 0.0516. The molecule has 0 aliphatic heterocycles. The van der Waals surface area contributed by atoms with Crippen molar-refractivity contribution in [2.75, 3.05) is 12.3 Å². The summed E-state index contributed by atoms with van der Waals surface area (Å²) in [4.78, 5) is 12.2. The molecule has 0 aliphatic rings. The first-order chi connectivity index (χ1) is 11.1. The molecular weight excluding hydrogens is 290 g/mol. The van der Waals surface area contributed by atoms with Crippen LogP contribution in [0.5, 0.6) is 0 Å². The van der Waals surface area contributed by atoms with Crippen LogP contribution in [0, 0.1) is 11.3 Å². The lowest BCUT2D eigenvalue weighted by atomic mass is 10.2. The van der Waals surface area contributed by atoms with Crippen LogP contribution >= 0.6 is 0 Å². The molecular formula is C18H23N3O2. The molecule has 0 radical (unpaired) electrons. The third kappa shape index (κ3) is 4.89. The van der Waals surface area contributed by atoms with Gasteiger partial charge in [-0.2, -0.15) is 5.26 Å². The summed E-state index contributed by atoms with van der Waals surface area (Å²) in [5, 5.41) is 8.90. The lowest BCUT2D eigenvalue weighted by Gasteiger charge is -2.10. The van der Waals surface area contributed by atoms with Crippen molar-refractivity contribution in [3.8, 4) is 6.07 Å². The minimum atomic E-state index is -0.474. The van der Waals surface area contributed by atoms with E-state index >= 15 is 0 Å². The molecule has 1 heterocycles. The summed E-state index contributed by atoms with van der Waals surface area (Å²) in [6.45, 7) is 8.19. The lowest BCUT2D eigenvalue weighted by Crippen LogP contribution is -2.14.